The van der Waals surface area contributed by atoms with Gasteiger partial charge in [-0.3, -0.25) is 20.4 Å². The highest BCUT2D eigenvalue weighted by Crippen LogP contribution is 2.39. The summed E-state index contributed by atoms with van der Waals surface area (Å²) >= 11 is 11.9. The lowest BCUT2D eigenvalue weighted by atomic mass is 10.2. The highest BCUT2D eigenvalue weighted by atomic mass is 35.5. The van der Waals surface area contributed by atoms with Crippen molar-refractivity contribution in [3.63, 3.8) is 0 Å². The van der Waals surface area contributed by atoms with Crippen LogP contribution >= 0.6 is 23.2 Å². The molecule has 9 heteroatoms. The van der Waals surface area contributed by atoms with E-state index in [1.807, 2.05) is 13.0 Å². The van der Waals surface area contributed by atoms with E-state index in [1.165, 1.54) is 12.1 Å². The van der Waals surface area contributed by atoms with Crippen LogP contribution in [0.5, 0.6) is 17.2 Å². The molecule has 0 aliphatic carbocycles. The largest absolute Gasteiger partial charge is 0.493 e. The second-order valence-electron chi connectivity index (χ2n) is 6.06. The number of nitrogens with one attached hydrogen (secondary N) is 2. The van der Waals surface area contributed by atoms with Gasteiger partial charge in [-0.25, -0.2) is 0 Å². The van der Waals surface area contributed by atoms with E-state index in [0.29, 0.717) is 29.5 Å². The van der Waals surface area contributed by atoms with Gasteiger partial charge in [-0.1, -0.05) is 23.2 Å². The van der Waals surface area contributed by atoms with Gasteiger partial charge in [0.2, 0.25) is 12.7 Å². The molecular formula is C19H18Cl2N2O5. The van der Waals surface area contributed by atoms with E-state index >= 15 is 0 Å². The summed E-state index contributed by atoms with van der Waals surface area (Å²) in [6.07, 6.45) is 0.675. The fourth-order valence-corrected chi connectivity index (χ4v) is 3.04. The predicted molar refractivity (Wildman–Crippen MR) is 104 cm³/mol. The predicted octanol–water partition coefficient (Wildman–Crippen LogP) is 3.65. The van der Waals surface area contributed by atoms with Crippen molar-refractivity contribution >= 4 is 35.0 Å². The number of carbonyl (C=O) groups is 2. The number of carbonyl (C=O) groups excluding carboxylic acids is 2. The maximum absolute atomic E-state index is 12.2. The quantitative estimate of drug-likeness (QED) is 0.545. The van der Waals surface area contributed by atoms with Gasteiger partial charge < -0.3 is 14.2 Å². The van der Waals surface area contributed by atoms with Crippen LogP contribution in [0.4, 0.5) is 0 Å². The van der Waals surface area contributed by atoms with E-state index in [-0.39, 0.29) is 29.7 Å². The van der Waals surface area contributed by atoms with E-state index in [2.05, 4.69) is 10.9 Å². The van der Waals surface area contributed by atoms with Gasteiger partial charge in [-0.05, 0) is 49.2 Å². The summed E-state index contributed by atoms with van der Waals surface area (Å²) in [5, 5.41) is 0.907. The summed E-state index contributed by atoms with van der Waals surface area (Å²) < 4.78 is 16.0. The van der Waals surface area contributed by atoms with Crippen LogP contribution in [0.3, 0.4) is 0 Å². The van der Waals surface area contributed by atoms with Gasteiger partial charge in [0.15, 0.2) is 11.5 Å². The molecule has 0 spiro atoms. The highest BCUT2D eigenvalue weighted by Gasteiger charge is 2.20. The Balaban J connectivity index is 1.41. The standard InChI is InChI=1S/C19H18Cl2N2O5/c1-11-7-13(20)4-5-15(11)26-6-2-3-17(24)22-23-19(25)12-8-14(21)18-16(9-12)27-10-28-18/h4-5,7-9H,2-3,6,10H2,1H3,(H,22,24)(H,23,25). The van der Waals surface area contributed by atoms with Crippen LogP contribution in [0.1, 0.15) is 28.8 Å². The van der Waals surface area contributed by atoms with Crippen molar-refractivity contribution in [2.75, 3.05) is 13.4 Å². The fraction of sp³-hybridized carbons (Fsp3) is 0.263. The lowest BCUT2D eigenvalue weighted by molar-refractivity contribution is -0.122. The zero-order valence-electron chi connectivity index (χ0n) is 15.0. The first-order chi connectivity index (χ1) is 13.4. The van der Waals surface area contributed by atoms with Crippen molar-refractivity contribution in [2.45, 2.75) is 19.8 Å². The lowest BCUT2D eigenvalue weighted by Crippen LogP contribution is -2.41. The smallest absolute Gasteiger partial charge is 0.269 e. The Morgan fingerprint density at radius 1 is 1.14 bits per heavy atom. The molecule has 2 N–H and O–H groups in total. The van der Waals surface area contributed by atoms with E-state index in [0.717, 1.165) is 11.3 Å². The molecule has 1 aliphatic heterocycles. The Morgan fingerprint density at radius 2 is 1.96 bits per heavy atom. The molecule has 148 valence electrons. The van der Waals surface area contributed by atoms with E-state index < -0.39 is 5.91 Å². The minimum atomic E-state index is -0.512. The minimum absolute atomic E-state index is 0.0501. The molecule has 0 bridgehead atoms. The molecule has 0 aromatic heterocycles. The monoisotopic (exact) mass is 424 g/mol. The molecular weight excluding hydrogens is 407 g/mol. The molecule has 2 aromatic carbocycles. The Bertz CT molecular complexity index is 904. The van der Waals surface area contributed by atoms with Crippen LogP contribution in [-0.4, -0.2) is 25.2 Å². The number of hydrazine groups is 1. The average Bonchev–Trinajstić information content (AvgIpc) is 3.14. The van der Waals surface area contributed by atoms with Gasteiger partial charge >= 0.3 is 0 Å². The molecule has 1 heterocycles. The van der Waals surface area contributed by atoms with Crippen molar-refractivity contribution in [3.05, 3.63) is 51.5 Å². The summed E-state index contributed by atoms with van der Waals surface area (Å²) in [6.45, 7) is 2.31. The second-order valence-corrected chi connectivity index (χ2v) is 6.90. The van der Waals surface area contributed by atoms with Crippen molar-refractivity contribution in [2.24, 2.45) is 0 Å². The third kappa shape index (κ3) is 4.99. The number of fused-ring (bicyclic) bond motifs is 1. The SMILES string of the molecule is Cc1cc(Cl)ccc1OCCCC(=O)NNC(=O)c1cc(Cl)c2c(c1)OCO2. The van der Waals surface area contributed by atoms with Crippen LogP contribution in [-0.2, 0) is 4.79 Å². The summed E-state index contributed by atoms with van der Waals surface area (Å²) in [5.41, 5.74) is 5.87. The van der Waals surface area contributed by atoms with Crippen LogP contribution in [0, 0.1) is 6.92 Å². The molecule has 2 aromatic rings. The molecule has 0 radical (unpaired) electrons. The molecule has 0 fully saturated rings. The Morgan fingerprint density at radius 3 is 2.75 bits per heavy atom. The van der Waals surface area contributed by atoms with Crippen LogP contribution < -0.4 is 25.1 Å². The molecule has 3 rings (SSSR count). The van der Waals surface area contributed by atoms with Crippen LogP contribution in [0.2, 0.25) is 10.0 Å². The number of aryl methyl sites for hydroxylation is 1. The average molecular weight is 425 g/mol. The number of ether oxygens (including phenoxy) is 3. The summed E-state index contributed by atoms with van der Waals surface area (Å²) in [5.74, 6) is 0.660. The van der Waals surface area contributed by atoms with E-state index in [4.69, 9.17) is 37.4 Å². The van der Waals surface area contributed by atoms with E-state index in [9.17, 15) is 9.59 Å². The number of halogens is 2. The third-order valence-electron chi connectivity index (χ3n) is 3.95. The minimum Gasteiger partial charge on any atom is -0.493 e. The first-order valence-corrected chi connectivity index (χ1v) is 9.27. The molecule has 28 heavy (non-hydrogen) atoms. The van der Waals surface area contributed by atoms with Gasteiger partial charge in [-0.2, -0.15) is 0 Å². The normalized spacial score (nSPS) is 11.8. The summed E-state index contributed by atoms with van der Waals surface area (Å²) in [6, 6.07) is 8.28. The topological polar surface area (TPSA) is 85.9 Å². The fourth-order valence-electron chi connectivity index (χ4n) is 2.55. The Labute approximate surface area is 171 Å². The van der Waals surface area contributed by atoms with Crippen LogP contribution in [0.25, 0.3) is 0 Å². The molecule has 0 atom stereocenters. The Kier molecular flexibility index (Phi) is 6.49. The number of hydrogen-bond acceptors (Lipinski definition) is 5. The second kappa shape index (κ2) is 9.03. The number of hydrogen-bond donors (Lipinski definition) is 2. The number of benzene rings is 2. The van der Waals surface area contributed by atoms with Crippen molar-refractivity contribution in [1.29, 1.82) is 0 Å². The van der Waals surface area contributed by atoms with Gasteiger partial charge in [0.25, 0.3) is 5.91 Å². The summed E-state index contributed by atoms with van der Waals surface area (Å²) in [7, 11) is 0. The zero-order valence-corrected chi connectivity index (χ0v) is 16.5. The molecule has 1 aliphatic rings. The van der Waals surface area contributed by atoms with E-state index in [1.54, 1.807) is 12.1 Å². The van der Waals surface area contributed by atoms with Crippen molar-refractivity contribution in [3.8, 4) is 17.2 Å². The summed E-state index contributed by atoms with van der Waals surface area (Å²) in [4.78, 5) is 24.1. The number of rotatable bonds is 6. The lowest BCUT2D eigenvalue weighted by Gasteiger charge is -2.10. The molecule has 0 saturated heterocycles. The molecule has 7 nitrogen and oxygen atoms in total. The maximum Gasteiger partial charge on any atom is 0.269 e. The number of amides is 2. The molecule has 0 unspecified atom stereocenters. The van der Waals surface area contributed by atoms with Crippen molar-refractivity contribution < 1.29 is 23.8 Å². The zero-order chi connectivity index (χ0) is 20.1. The first-order valence-electron chi connectivity index (χ1n) is 8.51. The third-order valence-corrected chi connectivity index (χ3v) is 4.46. The highest BCUT2D eigenvalue weighted by molar-refractivity contribution is 6.32. The van der Waals surface area contributed by atoms with Gasteiger partial charge in [0.1, 0.15) is 5.75 Å². The van der Waals surface area contributed by atoms with Crippen LogP contribution in [0.15, 0.2) is 30.3 Å². The van der Waals surface area contributed by atoms with Gasteiger partial charge in [-0.15, -0.1) is 0 Å². The van der Waals surface area contributed by atoms with Gasteiger partial charge in [0.05, 0.1) is 11.6 Å². The maximum atomic E-state index is 12.2. The van der Waals surface area contributed by atoms with Crippen molar-refractivity contribution in [1.82, 2.24) is 10.9 Å². The van der Waals surface area contributed by atoms with Gasteiger partial charge in [0, 0.05) is 17.0 Å². The molecule has 2 amide bonds. The first kappa shape index (κ1) is 20.1. The molecule has 0 saturated carbocycles. The Hall–Kier alpha value is -2.64.